The van der Waals surface area contributed by atoms with E-state index in [0.717, 1.165) is 58.3 Å². The first kappa shape index (κ1) is 30.0. The standard InChI is InChI=1S/C36H33Cl2N7O/c37-29-14-12-23(17-30(29)38)22-45-34(15-13-24-20-40-31-10-3-1-8-27(24)31)43-44-36(45)33(42-35(46)19-26-7-5-6-16-39-26)18-25-21-41-32-11-4-2-9-28(25)32/h1-4,7-12,14,16-17,20-21,33,40-41H,5-6,13,15,18-19,22H2,(H,42,46)/t33-/m1/s1. The molecular weight excluding hydrogens is 617 g/mol. The number of halogens is 2. The van der Waals surface area contributed by atoms with Gasteiger partial charge in [0, 0.05) is 59.0 Å². The monoisotopic (exact) mass is 649 g/mol. The van der Waals surface area contributed by atoms with Gasteiger partial charge in [-0.05, 0) is 60.2 Å². The number of hydrogen-bond acceptors (Lipinski definition) is 4. The number of hydrogen-bond donors (Lipinski definition) is 3. The molecule has 1 aliphatic rings. The first-order chi connectivity index (χ1) is 22.5. The molecule has 1 amide bonds. The van der Waals surface area contributed by atoms with Gasteiger partial charge in [-0.25, -0.2) is 0 Å². The Morgan fingerprint density at radius 3 is 2.35 bits per heavy atom. The van der Waals surface area contributed by atoms with Crippen molar-refractivity contribution in [2.75, 3.05) is 0 Å². The third-order valence-corrected chi connectivity index (χ3v) is 9.23. The highest BCUT2D eigenvalue weighted by Gasteiger charge is 2.26. The molecule has 1 aliphatic heterocycles. The third-order valence-electron chi connectivity index (χ3n) is 8.49. The van der Waals surface area contributed by atoms with Crippen LogP contribution in [0.25, 0.3) is 21.8 Å². The summed E-state index contributed by atoms with van der Waals surface area (Å²) >= 11 is 12.7. The van der Waals surface area contributed by atoms with Crippen LogP contribution in [0.3, 0.4) is 0 Å². The zero-order valence-corrected chi connectivity index (χ0v) is 26.7. The minimum absolute atomic E-state index is 0.112. The Morgan fingerprint density at radius 1 is 0.870 bits per heavy atom. The number of H-pyrrole nitrogens is 2. The van der Waals surface area contributed by atoms with Crippen molar-refractivity contribution in [1.82, 2.24) is 30.0 Å². The van der Waals surface area contributed by atoms with E-state index in [1.54, 1.807) is 6.07 Å². The van der Waals surface area contributed by atoms with Crippen LogP contribution in [0.1, 0.15) is 53.6 Å². The number of aliphatic imine (C=N–C) groups is 1. The predicted molar refractivity (Wildman–Crippen MR) is 185 cm³/mol. The average molecular weight is 651 g/mol. The van der Waals surface area contributed by atoms with Crippen LogP contribution in [0.15, 0.2) is 95.9 Å². The molecule has 6 aromatic rings. The zero-order chi connectivity index (χ0) is 31.5. The zero-order valence-electron chi connectivity index (χ0n) is 25.1. The molecular formula is C36H33Cl2N7O. The van der Waals surface area contributed by atoms with Gasteiger partial charge >= 0.3 is 0 Å². The second-order valence-corrected chi connectivity index (χ2v) is 12.4. The van der Waals surface area contributed by atoms with Crippen LogP contribution in [0.2, 0.25) is 10.0 Å². The molecule has 0 saturated heterocycles. The van der Waals surface area contributed by atoms with Gasteiger partial charge in [0.1, 0.15) is 5.82 Å². The van der Waals surface area contributed by atoms with Gasteiger partial charge in [-0.1, -0.05) is 71.7 Å². The highest BCUT2D eigenvalue weighted by atomic mass is 35.5. The van der Waals surface area contributed by atoms with E-state index in [-0.39, 0.29) is 12.3 Å². The summed E-state index contributed by atoms with van der Waals surface area (Å²) in [5.41, 5.74) is 6.19. The first-order valence-electron chi connectivity index (χ1n) is 15.5. The molecule has 3 aromatic carbocycles. The highest BCUT2D eigenvalue weighted by molar-refractivity contribution is 6.42. The lowest BCUT2D eigenvalue weighted by Gasteiger charge is -2.21. The van der Waals surface area contributed by atoms with E-state index in [0.29, 0.717) is 35.3 Å². The van der Waals surface area contributed by atoms with Crippen LogP contribution in [-0.4, -0.2) is 36.9 Å². The van der Waals surface area contributed by atoms with Crippen LogP contribution in [0, 0.1) is 0 Å². The summed E-state index contributed by atoms with van der Waals surface area (Å²) in [5, 5.41) is 16.1. The van der Waals surface area contributed by atoms with E-state index in [9.17, 15) is 4.79 Å². The van der Waals surface area contributed by atoms with Crippen molar-refractivity contribution < 1.29 is 4.79 Å². The molecule has 8 nitrogen and oxygen atoms in total. The van der Waals surface area contributed by atoms with Crippen LogP contribution in [0.5, 0.6) is 0 Å². The quantitative estimate of drug-likeness (QED) is 0.133. The fourth-order valence-electron chi connectivity index (χ4n) is 6.18. The Morgan fingerprint density at radius 2 is 1.61 bits per heavy atom. The molecule has 46 heavy (non-hydrogen) atoms. The van der Waals surface area contributed by atoms with Crippen molar-refractivity contribution in [2.45, 2.75) is 51.1 Å². The van der Waals surface area contributed by atoms with E-state index in [1.165, 1.54) is 10.9 Å². The molecule has 0 spiro atoms. The number of amides is 1. The van der Waals surface area contributed by atoms with Gasteiger partial charge in [0.15, 0.2) is 5.82 Å². The maximum absolute atomic E-state index is 13.5. The molecule has 232 valence electrons. The molecule has 0 aliphatic carbocycles. The molecule has 3 aromatic heterocycles. The largest absolute Gasteiger partial charge is 0.361 e. The molecule has 0 unspecified atom stereocenters. The van der Waals surface area contributed by atoms with Gasteiger partial charge in [0.25, 0.3) is 0 Å². The topological polar surface area (TPSA) is 104 Å². The maximum Gasteiger partial charge on any atom is 0.226 e. The number of fused-ring (bicyclic) bond motifs is 2. The van der Waals surface area contributed by atoms with Crippen molar-refractivity contribution in [3.63, 3.8) is 0 Å². The number of rotatable bonds is 11. The smallest absolute Gasteiger partial charge is 0.226 e. The summed E-state index contributed by atoms with van der Waals surface area (Å²) < 4.78 is 2.12. The lowest BCUT2D eigenvalue weighted by Crippen LogP contribution is -2.32. The van der Waals surface area contributed by atoms with Gasteiger partial charge in [0.05, 0.1) is 29.1 Å². The number of carbonyl (C=O) groups is 1. The molecule has 0 saturated carbocycles. The molecule has 0 bridgehead atoms. The number of nitrogens with one attached hydrogen (secondary N) is 3. The first-order valence-corrected chi connectivity index (χ1v) is 16.2. The van der Waals surface area contributed by atoms with Crippen LogP contribution < -0.4 is 5.32 Å². The molecule has 3 N–H and O–H groups in total. The van der Waals surface area contributed by atoms with Gasteiger partial charge in [-0.15, -0.1) is 10.2 Å². The van der Waals surface area contributed by atoms with E-state index < -0.39 is 6.04 Å². The molecule has 10 heteroatoms. The van der Waals surface area contributed by atoms with Crippen molar-refractivity contribution in [1.29, 1.82) is 0 Å². The average Bonchev–Trinajstić information content (AvgIpc) is 3.79. The molecule has 1 atom stereocenters. The minimum Gasteiger partial charge on any atom is -0.361 e. The molecule has 0 fully saturated rings. The SMILES string of the molecule is O=C(CC1=CCCC=N1)N[C@H](Cc1c[nH]c2ccccc12)c1nnc(CCc2c[nH]c3ccccc23)n1Cc1ccc(Cl)c(Cl)c1. The van der Waals surface area contributed by atoms with Crippen LogP contribution >= 0.6 is 23.2 Å². The Kier molecular flexibility index (Phi) is 8.72. The van der Waals surface area contributed by atoms with Gasteiger partial charge in [0.2, 0.25) is 5.91 Å². The maximum atomic E-state index is 13.5. The number of aryl methyl sites for hydroxylation is 2. The van der Waals surface area contributed by atoms with E-state index >= 15 is 0 Å². The normalized spacial score (nSPS) is 13.7. The van der Waals surface area contributed by atoms with Gasteiger partial charge < -0.3 is 19.9 Å². The fraction of sp³-hybridized carbons (Fsp3) is 0.222. The molecule has 7 rings (SSSR count). The number of allylic oxidation sites excluding steroid dienone is 1. The van der Waals surface area contributed by atoms with Crippen molar-refractivity contribution in [2.24, 2.45) is 4.99 Å². The van der Waals surface area contributed by atoms with E-state index in [4.69, 9.17) is 33.4 Å². The third kappa shape index (κ3) is 6.50. The van der Waals surface area contributed by atoms with Gasteiger partial charge in [-0.2, -0.15) is 0 Å². The molecule has 0 radical (unpaired) electrons. The lowest BCUT2D eigenvalue weighted by molar-refractivity contribution is -0.121. The number of carbonyl (C=O) groups excluding carboxylic acids is 1. The summed E-state index contributed by atoms with van der Waals surface area (Å²) in [6.07, 6.45) is 11.9. The lowest BCUT2D eigenvalue weighted by atomic mass is 10.0. The Balaban J connectivity index is 1.25. The second kappa shape index (κ2) is 13.4. The second-order valence-electron chi connectivity index (χ2n) is 11.6. The number of benzene rings is 3. The fourth-order valence-corrected chi connectivity index (χ4v) is 6.50. The summed E-state index contributed by atoms with van der Waals surface area (Å²) in [6, 6.07) is 21.7. The number of aromatic amines is 2. The number of para-hydroxylation sites is 2. The predicted octanol–water partition coefficient (Wildman–Crippen LogP) is 7.92. The Hall–Kier alpha value is -4.66. The van der Waals surface area contributed by atoms with Crippen molar-refractivity contribution >= 4 is 57.1 Å². The minimum atomic E-state index is -0.447. The van der Waals surface area contributed by atoms with Crippen molar-refractivity contribution in [3.05, 3.63) is 129 Å². The summed E-state index contributed by atoms with van der Waals surface area (Å²) in [7, 11) is 0. The van der Waals surface area contributed by atoms with Gasteiger partial charge in [-0.3, -0.25) is 9.79 Å². The summed E-state index contributed by atoms with van der Waals surface area (Å²) in [5.74, 6) is 1.39. The highest BCUT2D eigenvalue weighted by Crippen LogP contribution is 2.28. The van der Waals surface area contributed by atoms with Crippen LogP contribution in [0.4, 0.5) is 0 Å². The Labute approximate surface area is 276 Å². The number of aromatic nitrogens is 5. The summed E-state index contributed by atoms with van der Waals surface area (Å²) in [4.78, 5) is 24.7. The van der Waals surface area contributed by atoms with Crippen molar-refractivity contribution in [3.8, 4) is 0 Å². The summed E-state index contributed by atoms with van der Waals surface area (Å²) in [6.45, 7) is 0.470. The Bertz CT molecular complexity index is 2090. The van der Waals surface area contributed by atoms with E-state index in [2.05, 4.69) is 61.4 Å². The van der Waals surface area contributed by atoms with E-state index in [1.807, 2.05) is 48.8 Å². The number of nitrogens with zero attached hydrogens (tertiary/aromatic N) is 4. The molecule has 4 heterocycles. The van der Waals surface area contributed by atoms with Crippen LogP contribution in [-0.2, 0) is 30.6 Å².